The van der Waals surface area contributed by atoms with Crippen molar-refractivity contribution >= 4 is 22.7 Å². The lowest BCUT2D eigenvalue weighted by atomic mass is 10.0. The molecule has 0 saturated heterocycles. The second-order valence-electron chi connectivity index (χ2n) is 6.90. The largest absolute Gasteiger partial charge is 0.354 e. The highest BCUT2D eigenvalue weighted by Crippen LogP contribution is 2.28. The minimum absolute atomic E-state index is 0.0576. The highest BCUT2D eigenvalue weighted by molar-refractivity contribution is 6.07. The van der Waals surface area contributed by atoms with E-state index in [1.165, 1.54) is 12.1 Å². The summed E-state index contributed by atoms with van der Waals surface area (Å²) in [5.74, 6) is -0.348. The van der Waals surface area contributed by atoms with E-state index < -0.39 is 0 Å². The van der Waals surface area contributed by atoms with E-state index in [0.717, 1.165) is 23.8 Å². The van der Waals surface area contributed by atoms with E-state index in [1.807, 2.05) is 24.3 Å². The first-order chi connectivity index (χ1) is 13.6. The van der Waals surface area contributed by atoms with E-state index in [9.17, 15) is 14.0 Å². The molecule has 1 aliphatic carbocycles. The molecule has 1 aromatic heterocycles. The van der Waals surface area contributed by atoms with Gasteiger partial charge >= 0.3 is 0 Å². The molecule has 1 aliphatic rings. The van der Waals surface area contributed by atoms with Gasteiger partial charge in [0, 0.05) is 30.0 Å². The molecule has 1 heterocycles. The van der Waals surface area contributed by atoms with Gasteiger partial charge in [-0.3, -0.25) is 9.59 Å². The fourth-order valence-electron chi connectivity index (χ4n) is 3.08. The number of aromatic nitrogens is 1. The van der Waals surface area contributed by atoms with Crippen LogP contribution in [0, 0.1) is 11.7 Å². The van der Waals surface area contributed by atoms with Crippen LogP contribution >= 0.6 is 0 Å². The monoisotopic (exact) mass is 377 g/mol. The first kappa shape index (κ1) is 18.1. The van der Waals surface area contributed by atoms with Crippen LogP contribution in [0.1, 0.15) is 23.2 Å². The molecule has 0 unspecified atom stereocenters. The summed E-state index contributed by atoms with van der Waals surface area (Å²) < 4.78 is 13.2. The Labute approximate surface area is 162 Å². The first-order valence-electron chi connectivity index (χ1n) is 9.33. The Bertz CT molecular complexity index is 1030. The smallest absolute Gasteiger partial charge is 0.252 e. The molecule has 142 valence electrons. The lowest BCUT2D eigenvalue weighted by Gasteiger charge is -2.11. The number of carbonyl (C=O) groups is 2. The molecule has 4 rings (SSSR count). The van der Waals surface area contributed by atoms with Crippen molar-refractivity contribution in [1.82, 2.24) is 15.6 Å². The molecule has 28 heavy (non-hydrogen) atoms. The second-order valence-corrected chi connectivity index (χ2v) is 6.90. The number of para-hydroxylation sites is 1. The third-order valence-corrected chi connectivity index (χ3v) is 4.76. The van der Waals surface area contributed by atoms with Gasteiger partial charge in [0.2, 0.25) is 5.91 Å². The number of amides is 2. The van der Waals surface area contributed by atoms with Crippen molar-refractivity contribution in [3.8, 4) is 11.3 Å². The van der Waals surface area contributed by atoms with Crippen LogP contribution in [0.15, 0.2) is 54.6 Å². The maximum Gasteiger partial charge on any atom is 0.252 e. The number of carbonyl (C=O) groups excluding carboxylic acids is 2. The van der Waals surface area contributed by atoms with Crippen molar-refractivity contribution in [2.24, 2.45) is 5.92 Å². The number of benzene rings is 2. The molecule has 2 N–H and O–H groups in total. The Morgan fingerprint density at radius 1 is 1.00 bits per heavy atom. The van der Waals surface area contributed by atoms with E-state index in [2.05, 4.69) is 15.6 Å². The van der Waals surface area contributed by atoms with E-state index in [-0.39, 0.29) is 23.5 Å². The highest BCUT2D eigenvalue weighted by Gasteiger charge is 2.29. The number of hydrogen-bond acceptors (Lipinski definition) is 3. The highest BCUT2D eigenvalue weighted by atomic mass is 19.1. The Morgan fingerprint density at radius 2 is 1.71 bits per heavy atom. The number of pyridine rings is 1. The SMILES string of the molecule is O=C(NCCNC(=O)C1CC1)c1cc(-c2ccc(F)cc2)nc2ccccc12. The van der Waals surface area contributed by atoms with E-state index in [1.54, 1.807) is 18.2 Å². The number of halogens is 1. The average Bonchev–Trinajstić information content (AvgIpc) is 3.56. The van der Waals surface area contributed by atoms with Crippen LogP contribution in [0.5, 0.6) is 0 Å². The third kappa shape index (κ3) is 4.01. The molecule has 1 fully saturated rings. The fourth-order valence-corrected chi connectivity index (χ4v) is 3.08. The molecule has 0 bridgehead atoms. The van der Waals surface area contributed by atoms with Crippen molar-refractivity contribution in [3.63, 3.8) is 0 Å². The molecular formula is C22H20FN3O2. The van der Waals surface area contributed by atoms with Gasteiger partial charge in [0.15, 0.2) is 0 Å². The zero-order chi connectivity index (χ0) is 19.5. The summed E-state index contributed by atoms with van der Waals surface area (Å²) >= 11 is 0. The van der Waals surface area contributed by atoms with E-state index in [4.69, 9.17) is 0 Å². The molecule has 0 radical (unpaired) electrons. The number of nitrogens with zero attached hydrogens (tertiary/aromatic N) is 1. The summed E-state index contributed by atoms with van der Waals surface area (Å²) in [6.07, 6.45) is 1.90. The van der Waals surface area contributed by atoms with Gasteiger partial charge < -0.3 is 10.6 Å². The molecule has 5 nitrogen and oxygen atoms in total. The number of nitrogens with one attached hydrogen (secondary N) is 2. The van der Waals surface area contributed by atoms with E-state index >= 15 is 0 Å². The summed E-state index contributed by atoms with van der Waals surface area (Å²) in [7, 11) is 0. The minimum atomic E-state index is -0.323. The normalized spacial score (nSPS) is 13.3. The molecular weight excluding hydrogens is 357 g/mol. The van der Waals surface area contributed by atoms with Gasteiger partial charge in [0.1, 0.15) is 5.82 Å². The Hall–Kier alpha value is -3.28. The van der Waals surface area contributed by atoms with E-state index in [0.29, 0.717) is 29.9 Å². The number of rotatable bonds is 6. The van der Waals surface area contributed by atoms with Crippen molar-refractivity contribution in [2.75, 3.05) is 13.1 Å². The van der Waals surface area contributed by atoms with Crippen LogP contribution in [0.25, 0.3) is 22.2 Å². The predicted molar refractivity (Wildman–Crippen MR) is 105 cm³/mol. The number of hydrogen-bond donors (Lipinski definition) is 2. The van der Waals surface area contributed by atoms with Crippen LogP contribution in [0.4, 0.5) is 4.39 Å². The summed E-state index contributed by atoms with van der Waals surface area (Å²) in [6.45, 7) is 0.745. The van der Waals surface area contributed by atoms with Crippen molar-refractivity contribution in [1.29, 1.82) is 0 Å². The molecule has 1 saturated carbocycles. The fraction of sp³-hybridized carbons (Fsp3) is 0.227. The summed E-state index contributed by atoms with van der Waals surface area (Å²) in [5.41, 5.74) is 2.53. The second kappa shape index (κ2) is 7.76. The van der Waals surface area contributed by atoms with Gasteiger partial charge in [-0.15, -0.1) is 0 Å². The molecule has 0 atom stereocenters. The Morgan fingerprint density at radius 3 is 2.46 bits per heavy atom. The van der Waals surface area contributed by atoms with Crippen LogP contribution < -0.4 is 10.6 Å². The predicted octanol–water partition coefficient (Wildman–Crippen LogP) is 3.30. The minimum Gasteiger partial charge on any atom is -0.354 e. The molecule has 0 aliphatic heterocycles. The van der Waals surface area contributed by atoms with Crippen molar-refractivity contribution < 1.29 is 14.0 Å². The lowest BCUT2D eigenvalue weighted by Crippen LogP contribution is -2.35. The van der Waals surface area contributed by atoms with Gasteiger partial charge in [0.05, 0.1) is 16.8 Å². The summed E-state index contributed by atoms with van der Waals surface area (Å²) in [4.78, 5) is 29.0. The topological polar surface area (TPSA) is 71.1 Å². The standard InChI is InChI=1S/C22H20FN3O2/c23-16-9-7-14(8-10-16)20-13-18(17-3-1-2-4-19(17)26-20)22(28)25-12-11-24-21(27)15-5-6-15/h1-4,7-10,13,15H,5-6,11-12H2,(H,24,27)(H,25,28). The molecule has 6 heteroatoms. The van der Waals surface area contributed by atoms with Gasteiger partial charge in [-0.2, -0.15) is 0 Å². The van der Waals surface area contributed by atoms with Gasteiger partial charge in [-0.25, -0.2) is 9.37 Å². The maximum atomic E-state index is 13.2. The zero-order valence-electron chi connectivity index (χ0n) is 15.2. The van der Waals surface area contributed by atoms with Crippen LogP contribution in [-0.2, 0) is 4.79 Å². The molecule has 0 spiro atoms. The third-order valence-electron chi connectivity index (χ3n) is 4.76. The van der Waals surface area contributed by atoms with Crippen LogP contribution in [-0.4, -0.2) is 29.9 Å². The summed E-state index contributed by atoms with van der Waals surface area (Å²) in [6, 6.07) is 15.1. The molecule has 2 amide bonds. The quantitative estimate of drug-likeness (QED) is 0.648. The number of fused-ring (bicyclic) bond motifs is 1. The Kier molecular flexibility index (Phi) is 5.02. The van der Waals surface area contributed by atoms with Crippen molar-refractivity contribution in [2.45, 2.75) is 12.8 Å². The Balaban J connectivity index is 1.55. The first-order valence-corrected chi connectivity index (χ1v) is 9.33. The van der Waals surface area contributed by atoms with Crippen molar-refractivity contribution in [3.05, 3.63) is 66.0 Å². The lowest BCUT2D eigenvalue weighted by molar-refractivity contribution is -0.122. The molecule has 3 aromatic rings. The zero-order valence-corrected chi connectivity index (χ0v) is 15.2. The van der Waals surface area contributed by atoms with Gasteiger partial charge in [-0.05, 0) is 49.2 Å². The van der Waals surface area contributed by atoms with Gasteiger partial charge in [-0.1, -0.05) is 18.2 Å². The molecule has 2 aromatic carbocycles. The van der Waals surface area contributed by atoms with Crippen LogP contribution in [0.3, 0.4) is 0 Å². The average molecular weight is 377 g/mol. The van der Waals surface area contributed by atoms with Gasteiger partial charge in [0.25, 0.3) is 5.91 Å². The van der Waals surface area contributed by atoms with Crippen LogP contribution in [0.2, 0.25) is 0 Å². The maximum absolute atomic E-state index is 13.2. The summed E-state index contributed by atoms with van der Waals surface area (Å²) in [5, 5.41) is 6.43.